The Hall–Kier alpha value is -1.99. The second-order valence-electron chi connectivity index (χ2n) is 5.16. The quantitative estimate of drug-likeness (QED) is 0.809. The topological polar surface area (TPSA) is 71.1 Å². The summed E-state index contributed by atoms with van der Waals surface area (Å²) in [5, 5.41) is 3.06. The van der Waals surface area contributed by atoms with E-state index in [0.717, 1.165) is 0 Å². The van der Waals surface area contributed by atoms with Crippen molar-refractivity contribution >= 4 is 35.2 Å². The minimum atomic E-state index is -0.600. The van der Waals surface area contributed by atoms with Gasteiger partial charge in [-0.2, -0.15) is 0 Å². The second kappa shape index (κ2) is 10.00. The zero-order valence-corrected chi connectivity index (χ0v) is 15.2. The molecular formula is C16H24ClN3O4. The number of hydrogen-bond donors (Lipinski definition) is 1. The van der Waals surface area contributed by atoms with Gasteiger partial charge in [0.05, 0.1) is 24.6 Å². The first-order valence-electron chi connectivity index (χ1n) is 7.71. The number of nitrogens with zero attached hydrogens (tertiary/aromatic N) is 2. The molecule has 0 radical (unpaired) electrons. The SMILES string of the molecule is CCOC(=O)Nc1ccc(Cl)cc1N(CCN(C)C)C(=O)OCC. The summed E-state index contributed by atoms with van der Waals surface area (Å²) in [4.78, 5) is 27.4. The number of rotatable bonds is 7. The highest BCUT2D eigenvalue weighted by atomic mass is 35.5. The molecule has 1 N–H and O–H groups in total. The van der Waals surface area contributed by atoms with Gasteiger partial charge in [0.2, 0.25) is 0 Å². The van der Waals surface area contributed by atoms with Crippen LogP contribution in [0.1, 0.15) is 13.8 Å². The number of anilines is 2. The van der Waals surface area contributed by atoms with E-state index in [1.54, 1.807) is 32.0 Å². The molecule has 0 bridgehead atoms. The highest BCUT2D eigenvalue weighted by Crippen LogP contribution is 2.30. The van der Waals surface area contributed by atoms with Crippen molar-refractivity contribution in [2.75, 3.05) is 50.6 Å². The fraction of sp³-hybridized carbons (Fsp3) is 0.500. The molecule has 0 aliphatic heterocycles. The zero-order chi connectivity index (χ0) is 18.1. The fourth-order valence-electron chi connectivity index (χ4n) is 1.92. The van der Waals surface area contributed by atoms with Crippen molar-refractivity contribution in [3.63, 3.8) is 0 Å². The van der Waals surface area contributed by atoms with Crippen LogP contribution in [0.4, 0.5) is 21.0 Å². The maximum absolute atomic E-state index is 12.3. The highest BCUT2D eigenvalue weighted by molar-refractivity contribution is 6.31. The summed E-state index contributed by atoms with van der Waals surface area (Å²) in [5.41, 5.74) is 0.875. The molecule has 8 heteroatoms. The minimum Gasteiger partial charge on any atom is -0.450 e. The Morgan fingerprint density at radius 1 is 1.12 bits per heavy atom. The molecule has 0 heterocycles. The molecule has 0 fully saturated rings. The molecule has 0 aliphatic rings. The van der Waals surface area contributed by atoms with Crippen molar-refractivity contribution in [2.45, 2.75) is 13.8 Å². The summed E-state index contributed by atoms with van der Waals surface area (Å²) in [6, 6.07) is 4.86. The molecule has 0 saturated carbocycles. The lowest BCUT2D eigenvalue weighted by atomic mass is 10.2. The Morgan fingerprint density at radius 3 is 2.38 bits per heavy atom. The Labute approximate surface area is 147 Å². The Kier molecular flexibility index (Phi) is 8.35. The van der Waals surface area contributed by atoms with Gasteiger partial charge in [0.15, 0.2) is 0 Å². The van der Waals surface area contributed by atoms with Gasteiger partial charge < -0.3 is 14.4 Å². The molecule has 0 aromatic heterocycles. The van der Waals surface area contributed by atoms with Crippen molar-refractivity contribution in [1.82, 2.24) is 4.90 Å². The summed E-state index contributed by atoms with van der Waals surface area (Å²) in [6.07, 6.45) is -1.11. The predicted octanol–water partition coefficient (Wildman–Crippen LogP) is 3.43. The van der Waals surface area contributed by atoms with Gasteiger partial charge >= 0.3 is 12.2 Å². The lowest BCUT2D eigenvalue weighted by Gasteiger charge is -2.26. The Bertz CT molecular complexity index is 566. The number of nitrogens with one attached hydrogen (secondary N) is 1. The third-order valence-corrected chi connectivity index (χ3v) is 3.26. The standard InChI is InChI=1S/C16H24ClN3O4/c1-5-23-15(21)18-13-8-7-12(17)11-14(13)20(10-9-19(3)4)16(22)24-6-2/h7-8,11H,5-6,9-10H2,1-4H3,(H,18,21). The van der Waals surface area contributed by atoms with Crippen molar-refractivity contribution in [3.8, 4) is 0 Å². The molecule has 1 rings (SSSR count). The van der Waals surface area contributed by atoms with Gasteiger partial charge in [0.25, 0.3) is 0 Å². The Morgan fingerprint density at radius 2 is 1.79 bits per heavy atom. The smallest absolute Gasteiger partial charge is 0.414 e. The van der Waals surface area contributed by atoms with Crippen molar-refractivity contribution in [1.29, 1.82) is 0 Å². The second-order valence-corrected chi connectivity index (χ2v) is 5.60. The number of hydrogen-bond acceptors (Lipinski definition) is 5. The van der Waals surface area contributed by atoms with E-state index >= 15 is 0 Å². The van der Waals surface area contributed by atoms with Gasteiger partial charge in [-0.3, -0.25) is 10.2 Å². The van der Waals surface area contributed by atoms with Crippen LogP contribution in [0, 0.1) is 0 Å². The van der Waals surface area contributed by atoms with Crippen LogP contribution in [0.2, 0.25) is 5.02 Å². The first-order valence-corrected chi connectivity index (χ1v) is 8.09. The van der Waals surface area contributed by atoms with Crippen molar-refractivity contribution in [3.05, 3.63) is 23.2 Å². The van der Waals surface area contributed by atoms with Crippen LogP contribution in [0.3, 0.4) is 0 Å². The van der Waals surface area contributed by atoms with E-state index in [1.807, 2.05) is 19.0 Å². The molecule has 1 aromatic rings. The summed E-state index contributed by atoms with van der Waals surface area (Å²) in [6.45, 7) is 4.94. The van der Waals surface area contributed by atoms with Gasteiger partial charge in [-0.15, -0.1) is 0 Å². The average Bonchev–Trinajstić information content (AvgIpc) is 2.50. The highest BCUT2D eigenvalue weighted by Gasteiger charge is 2.21. The maximum Gasteiger partial charge on any atom is 0.414 e. The molecule has 134 valence electrons. The van der Waals surface area contributed by atoms with Crippen LogP contribution in [-0.4, -0.2) is 57.5 Å². The van der Waals surface area contributed by atoms with E-state index in [2.05, 4.69) is 5.32 Å². The number of amides is 2. The van der Waals surface area contributed by atoms with Gasteiger partial charge in [-0.25, -0.2) is 9.59 Å². The number of carbonyl (C=O) groups excluding carboxylic acids is 2. The van der Waals surface area contributed by atoms with E-state index in [-0.39, 0.29) is 13.2 Å². The first kappa shape index (κ1) is 20.1. The molecule has 1 aromatic carbocycles. The van der Waals surface area contributed by atoms with Gasteiger partial charge in [0.1, 0.15) is 0 Å². The lowest BCUT2D eigenvalue weighted by Crippen LogP contribution is -2.37. The van der Waals surface area contributed by atoms with Crippen LogP contribution in [0.5, 0.6) is 0 Å². The summed E-state index contributed by atoms with van der Waals surface area (Å²) in [5.74, 6) is 0. The lowest BCUT2D eigenvalue weighted by molar-refractivity contribution is 0.159. The largest absolute Gasteiger partial charge is 0.450 e. The van der Waals surface area contributed by atoms with E-state index in [0.29, 0.717) is 29.5 Å². The van der Waals surface area contributed by atoms with Crippen molar-refractivity contribution in [2.24, 2.45) is 0 Å². The summed E-state index contributed by atoms with van der Waals surface area (Å²) < 4.78 is 10.0. The summed E-state index contributed by atoms with van der Waals surface area (Å²) in [7, 11) is 3.80. The van der Waals surface area contributed by atoms with E-state index in [1.165, 1.54) is 4.90 Å². The number of benzene rings is 1. The van der Waals surface area contributed by atoms with Gasteiger partial charge in [-0.05, 0) is 46.1 Å². The minimum absolute atomic E-state index is 0.247. The maximum atomic E-state index is 12.3. The molecule has 0 saturated heterocycles. The van der Waals surface area contributed by atoms with Gasteiger partial charge in [-0.1, -0.05) is 11.6 Å². The Balaban J connectivity index is 3.15. The molecule has 0 spiro atoms. The van der Waals surface area contributed by atoms with Crippen molar-refractivity contribution < 1.29 is 19.1 Å². The van der Waals surface area contributed by atoms with Crippen LogP contribution < -0.4 is 10.2 Å². The third-order valence-electron chi connectivity index (χ3n) is 3.02. The predicted molar refractivity (Wildman–Crippen MR) is 95.0 cm³/mol. The average molecular weight is 358 g/mol. The van der Waals surface area contributed by atoms with Crippen LogP contribution in [-0.2, 0) is 9.47 Å². The molecular weight excluding hydrogens is 334 g/mol. The first-order chi connectivity index (χ1) is 11.4. The number of likely N-dealkylation sites (N-methyl/N-ethyl adjacent to an activating group) is 1. The van der Waals surface area contributed by atoms with E-state index in [9.17, 15) is 9.59 Å². The van der Waals surface area contributed by atoms with Crippen LogP contribution in [0.15, 0.2) is 18.2 Å². The third kappa shape index (κ3) is 6.25. The molecule has 0 aliphatic carbocycles. The normalized spacial score (nSPS) is 10.4. The van der Waals surface area contributed by atoms with E-state index < -0.39 is 12.2 Å². The molecule has 2 amide bonds. The summed E-state index contributed by atoms with van der Waals surface area (Å²) >= 11 is 6.07. The molecule has 24 heavy (non-hydrogen) atoms. The molecule has 0 atom stereocenters. The van der Waals surface area contributed by atoms with E-state index in [4.69, 9.17) is 21.1 Å². The molecule has 7 nitrogen and oxygen atoms in total. The number of carbonyl (C=O) groups is 2. The number of halogens is 1. The fourth-order valence-corrected chi connectivity index (χ4v) is 2.09. The van der Waals surface area contributed by atoms with Crippen LogP contribution >= 0.6 is 11.6 Å². The zero-order valence-electron chi connectivity index (χ0n) is 14.5. The monoisotopic (exact) mass is 357 g/mol. The van der Waals surface area contributed by atoms with Gasteiger partial charge in [0, 0.05) is 18.1 Å². The van der Waals surface area contributed by atoms with Crippen LogP contribution in [0.25, 0.3) is 0 Å². The number of ether oxygens (including phenoxy) is 2. The molecule has 0 unspecified atom stereocenters.